The molecule has 0 unspecified atom stereocenters. The van der Waals surface area contributed by atoms with E-state index in [9.17, 15) is 8.78 Å². The average Bonchev–Trinajstić information content (AvgIpc) is 2.17. The fourth-order valence-electron chi connectivity index (χ4n) is 0.953. The summed E-state index contributed by atoms with van der Waals surface area (Å²) in [5.41, 5.74) is -0.0252. The van der Waals surface area contributed by atoms with Gasteiger partial charge in [-0.2, -0.15) is 0 Å². The minimum Gasteiger partial charge on any atom is -0.481 e. The summed E-state index contributed by atoms with van der Waals surface area (Å²) < 4.78 is 29.9. The van der Waals surface area contributed by atoms with Crippen LogP contribution < -0.4 is 4.74 Å². The molecule has 0 bridgehead atoms. The van der Waals surface area contributed by atoms with E-state index in [0.717, 1.165) is 0 Å². The molecule has 0 spiro atoms. The zero-order valence-corrected chi connectivity index (χ0v) is 8.88. The van der Waals surface area contributed by atoms with Gasteiger partial charge in [-0.25, -0.2) is 13.8 Å². The number of nitrogens with zero attached hydrogens (tertiary/aromatic N) is 1. The third-order valence-electron chi connectivity index (χ3n) is 1.62. The van der Waals surface area contributed by atoms with Gasteiger partial charge in [0.1, 0.15) is 0 Å². The van der Waals surface area contributed by atoms with E-state index in [0.29, 0.717) is 4.47 Å². The Balaban J connectivity index is 3.24. The molecule has 3 nitrogen and oxygen atoms in total. The Hall–Kier alpha value is -0.750. The highest BCUT2D eigenvalue weighted by Crippen LogP contribution is 2.31. The molecular formula is C8H8BrF2NO2. The standard InChI is InChI=1S/C8H8BrF2NO2/c1-14-8-4(7(10)11)2-5(9)6(3-13)12-8/h2,7,13H,3H2,1H3. The highest BCUT2D eigenvalue weighted by molar-refractivity contribution is 9.10. The Labute approximate surface area is 87.9 Å². The first-order chi connectivity index (χ1) is 6.60. The second-order valence-corrected chi connectivity index (χ2v) is 3.33. The molecule has 6 heteroatoms. The van der Waals surface area contributed by atoms with Crippen LogP contribution in [0.1, 0.15) is 17.7 Å². The van der Waals surface area contributed by atoms with Gasteiger partial charge < -0.3 is 9.84 Å². The van der Waals surface area contributed by atoms with Gasteiger partial charge in [0.15, 0.2) is 0 Å². The molecule has 0 aliphatic rings. The highest BCUT2D eigenvalue weighted by Gasteiger charge is 2.17. The number of rotatable bonds is 3. The first kappa shape index (κ1) is 11.3. The largest absolute Gasteiger partial charge is 0.481 e. The Morgan fingerprint density at radius 3 is 2.71 bits per heavy atom. The molecule has 0 radical (unpaired) electrons. The van der Waals surface area contributed by atoms with Gasteiger partial charge in [0.2, 0.25) is 5.88 Å². The van der Waals surface area contributed by atoms with Crippen molar-refractivity contribution in [2.24, 2.45) is 0 Å². The lowest BCUT2D eigenvalue weighted by molar-refractivity contribution is 0.145. The number of methoxy groups -OCH3 is 1. The molecule has 0 fully saturated rings. The zero-order valence-electron chi connectivity index (χ0n) is 7.30. The number of aliphatic hydroxyl groups excluding tert-OH is 1. The summed E-state index contributed by atoms with van der Waals surface area (Å²) in [5, 5.41) is 8.83. The third kappa shape index (κ3) is 2.19. The SMILES string of the molecule is COc1nc(CO)c(Br)cc1C(F)F. The van der Waals surface area contributed by atoms with Gasteiger partial charge in [0.05, 0.1) is 25.0 Å². The fourth-order valence-corrected chi connectivity index (χ4v) is 1.41. The van der Waals surface area contributed by atoms with Crippen molar-refractivity contribution >= 4 is 15.9 Å². The maximum atomic E-state index is 12.4. The molecule has 1 aromatic heterocycles. The van der Waals surface area contributed by atoms with Crippen LogP contribution in [0.15, 0.2) is 10.5 Å². The molecule has 0 saturated heterocycles. The predicted octanol–water partition coefficient (Wildman–Crippen LogP) is 2.28. The molecule has 0 aliphatic carbocycles. The number of pyridine rings is 1. The van der Waals surface area contributed by atoms with Crippen molar-refractivity contribution in [3.63, 3.8) is 0 Å². The Kier molecular flexibility index (Phi) is 3.77. The smallest absolute Gasteiger partial charge is 0.269 e. The van der Waals surface area contributed by atoms with Crippen molar-refractivity contribution in [1.82, 2.24) is 4.98 Å². The zero-order chi connectivity index (χ0) is 10.7. The summed E-state index contributed by atoms with van der Waals surface area (Å²) in [5.74, 6) is -0.160. The van der Waals surface area contributed by atoms with E-state index in [2.05, 4.69) is 25.7 Å². The van der Waals surface area contributed by atoms with Crippen molar-refractivity contribution < 1.29 is 18.6 Å². The lowest BCUT2D eigenvalue weighted by atomic mass is 10.2. The van der Waals surface area contributed by atoms with E-state index in [1.165, 1.54) is 13.2 Å². The average molecular weight is 268 g/mol. The van der Waals surface area contributed by atoms with Crippen LogP contribution in [-0.2, 0) is 6.61 Å². The summed E-state index contributed by atoms with van der Waals surface area (Å²) >= 11 is 3.03. The molecule has 0 atom stereocenters. The van der Waals surface area contributed by atoms with E-state index in [4.69, 9.17) is 5.11 Å². The molecule has 14 heavy (non-hydrogen) atoms. The second kappa shape index (κ2) is 4.65. The van der Waals surface area contributed by atoms with Gasteiger partial charge in [0, 0.05) is 4.47 Å². The number of hydrogen-bond donors (Lipinski definition) is 1. The fraction of sp³-hybridized carbons (Fsp3) is 0.375. The molecule has 0 amide bonds. The van der Waals surface area contributed by atoms with E-state index in [1.54, 1.807) is 0 Å². The Bertz CT molecular complexity index is 333. The van der Waals surface area contributed by atoms with Crippen LogP contribution in [0.25, 0.3) is 0 Å². The number of halogens is 3. The molecule has 0 aliphatic heterocycles. The first-order valence-electron chi connectivity index (χ1n) is 3.72. The van der Waals surface area contributed by atoms with Crippen molar-refractivity contribution in [3.8, 4) is 5.88 Å². The van der Waals surface area contributed by atoms with Crippen LogP contribution >= 0.6 is 15.9 Å². The first-order valence-corrected chi connectivity index (χ1v) is 4.51. The Morgan fingerprint density at radius 2 is 2.29 bits per heavy atom. The van der Waals surface area contributed by atoms with Crippen LogP contribution in [0.4, 0.5) is 8.78 Å². The van der Waals surface area contributed by atoms with Gasteiger partial charge in [-0.05, 0) is 22.0 Å². The summed E-state index contributed by atoms with van der Waals surface area (Å²) in [6, 6.07) is 1.20. The third-order valence-corrected chi connectivity index (χ3v) is 2.31. The van der Waals surface area contributed by atoms with E-state index in [1.807, 2.05) is 0 Å². The molecule has 1 heterocycles. The lowest BCUT2D eigenvalue weighted by Gasteiger charge is -2.09. The quantitative estimate of drug-likeness (QED) is 0.914. The maximum absolute atomic E-state index is 12.4. The normalized spacial score (nSPS) is 10.7. The summed E-state index contributed by atoms with van der Waals surface area (Å²) in [4.78, 5) is 3.73. The van der Waals surface area contributed by atoms with E-state index < -0.39 is 6.43 Å². The van der Waals surface area contributed by atoms with Crippen LogP contribution in [0.2, 0.25) is 0 Å². The molecule has 0 aromatic carbocycles. The monoisotopic (exact) mass is 267 g/mol. The number of aliphatic hydroxyl groups is 1. The number of alkyl halides is 2. The maximum Gasteiger partial charge on any atom is 0.269 e. The van der Waals surface area contributed by atoms with Gasteiger partial charge in [0.25, 0.3) is 6.43 Å². The van der Waals surface area contributed by atoms with Crippen LogP contribution in [-0.4, -0.2) is 17.2 Å². The summed E-state index contributed by atoms with van der Waals surface area (Å²) in [7, 11) is 1.25. The minimum atomic E-state index is -2.65. The number of ether oxygens (including phenoxy) is 1. The van der Waals surface area contributed by atoms with Crippen molar-refractivity contribution in [2.75, 3.05) is 7.11 Å². The summed E-state index contributed by atoms with van der Waals surface area (Å²) in [6.45, 7) is -0.333. The van der Waals surface area contributed by atoms with Gasteiger partial charge >= 0.3 is 0 Å². The predicted molar refractivity (Wildman–Crippen MR) is 49.4 cm³/mol. The second-order valence-electron chi connectivity index (χ2n) is 2.47. The topological polar surface area (TPSA) is 42.4 Å². The minimum absolute atomic E-state index is 0.160. The molecule has 0 saturated carbocycles. The number of aromatic nitrogens is 1. The van der Waals surface area contributed by atoms with Crippen molar-refractivity contribution in [3.05, 3.63) is 21.8 Å². The molecule has 1 N–H and O–H groups in total. The highest BCUT2D eigenvalue weighted by atomic mass is 79.9. The summed E-state index contributed by atoms with van der Waals surface area (Å²) in [6.07, 6.45) is -2.65. The van der Waals surface area contributed by atoms with Crippen LogP contribution in [0, 0.1) is 0 Å². The molecule has 1 aromatic rings. The van der Waals surface area contributed by atoms with Gasteiger partial charge in [-0.1, -0.05) is 0 Å². The number of hydrogen-bond acceptors (Lipinski definition) is 3. The van der Waals surface area contributed by atoms with E-state index in [-0.39, 0.29) is 23.7 Å². The molecular weight excluding hydrogens is 260 g/mol. The molecule has 1 rings (SSSR count). The van der Waals surface area contributed by atoms with Crippen LogP contribution in [0.3, 0.4) is 0 Å². The Morgan fingerprint density at radius 1 is 1.64 bits per heavy atom. The molecule has 78 valence electrons. The van der Waals surface area contributed by atoms with Crippen molar-refractivity contribution in [2.45, 2.75) is 13.0 Å². The lowest BCUT2D eigenvalue weighted by Crippen LogP contribution is -2.00. The van der Waals surface area contributed by atoms with Gasteiger partial charge in [-0.15, -0.1) is 0 Å². The van der Waals surface area contributed by atoms with Crippen LogP contribution in [0.5, 0.6) is 5.88 Å². The van der Waals surface area contributed by atoms with Crippen molar-refractivity contribution in [1.29, 1.82) is 0 Å². The van der Waals surface area contributed by atoms with Gasteiger partial charge in [-0.3, -0.25) is 0 Å². The van der Waals surface area contributed by atoms with E-state index >= 15 is 0 Å².